The van der Waals surface area contributed by atoms with Crippen molar-refractivity contribution < 1.29 is 9.59 Å². The van der Waals surface area contributed by atoms with Crippen LogP contribution in [0.5, 0.6) is 0 Å². The third kappa shape index (κ3) is 5.46. The first-order valence-corrected chi connectivity index (χ1v) is 9.11. The van der Waals surface area contributed by atoms with Crippen molar-refractivity contribution in [3.05, 3.63) is 0 Å². The lowest BCUT2D eigenvalue weighted by Crippen LogP contribution is -2.49. The van der Waals surface area contributed by atoms with Gasteiger partial charge in [-0.15, -0.1) is 0 Å². The first-order valence-electron chi connectivity index (χ1n) is 9.11. The standard InChI is InChI=1S/C17H32N4O2/c1-3-14(2)17(23)21-9-4-5-15(13-21)16(22)19-8-12-20-10-6-18-7-11-20/h14-15,18H,3-13H2,1-2H3,(H,19,22). The highest BCUT2D eigenvalue weighted by molar-refractivity contribution is 5.82. The fraction of sp³-hybridized carbons (Fsp3) is 0.882. The summed E-state index contributed by atoms with van der Waals surface area (Å²) in [6.45, 7) is 11.2. The largest absolute Gasteiger partial charge is 0.355 e. The van der Waals surface area contributed by atoms with Crippen LogP contribution in [-0.2, 0) is 9.59 Å². The van der Waals surface area contributed by atoms with Gasteiger partial charge in [0.25, 0.3) is 0 Å². The summed E-state index contributed by atoms with van der Waals surface area (Å²) in [5, 5.41) is 6.39. The van der Waals surface area contributed by atoms with E-state index < -0.39 is 0 Å². The molecule has 2 fully saturated rings. The molecule has 2 saturated heterocycles. The molecule has 2 aliphatic rings. The second-order valence-electron chi connectivity index (χ2n) is 6.82. The molecule has 0 aromatic heterocycles. The monoisotopic (exact) mass is 324 g/mol. The number of carbonyl (C=O) groups excluding carboxylic acids is 2. The summed E-state index contributed by atoms with van der Waals surface area (Å²) in [7, 11) is 0. The van der Waals surface area contributed by atoms with E-state index in [1.165, 1.54) is 0 Å². The Hall–Kier alpha value is -1.14. The Balaban J connectivity index is 1.72. The lowest BCUT2D eigenvalue weighted by molar-refractivity contribution is -0.138. The molecule has 0 spiro atoms. The number of carbonyl (C=O) groups is 2. The molecule has 2 rings (SSSR count). The number of piperazine rings is 1. The molecular weight excluding hydrogens is 292 g/mol. The summed E-state index contributed by atoms with van der Waals surface area (Å²) in [5.41, 5.74) is 0. The Labute approximate surface area is 140 Å². The van der Waals surface area contributed by atoms with E-state index in [0.29, 0.717) is 13.1 Å². The van der Waals surface area contributed by atoms with Crippen LogP contribution in [0.15, 0.2) is 0 Å². The van der Waals surface area contributed by atoms with Crippen LogP contribution in [0.2, 0.25) is 0 Å². The van der Waals surface area contributed by atoms with Crippen LogP contribution in [-0.4, -0.2) is 74.0 Å². The predicted octanol–water partition coefficient (Wildman–Crippen LogP) is 0.293. The number of nitrogens with zero attached hydrogens (tertiary/aromatic N) is 2. The van der Waals surface area contributed by atoms with E-state index in [-0.39, 0.29) is 23.7 Å². The molecule has 23 heavy (non-hydrogen) atoms. The SMILES string of the molecule is CCC(C)C(=O)N1CCCC(C(=O)NCCN2CCNCC2)C1. The van der Waals surface area contributed by atoms with Gasteiger partial charge in [-0.3, -0.25) is 14.5 Å². The van der Waals surface area contributed by atoms with Crippen molar-refractivity contribution in [2.45, 2.75) is 33.1 Å². The summed E-state index contributed by atoms with van der Waals surface area (Å²) >= 11 is 0. The number of rotatable bonds is 6. The number of hydrogen-bond acceptors (Lipinski definition) is 4. The average Bonchev–Trinajstić information content (AvgIpc) is 2.61. The van der Waals surface area contributed by atoms with E-state index in [1.807, 2.05) is 18.7 Å². The lowest BCUT2D eigenvalue weighted by Gasteiger charge is -2.34. The minimum atomic E-state index is -0.0419. The highest BCUT2D eigenvalue weighted by atomic mass is 16.2. The highest BCUT2D eigenvalue weighted by Crippen LogP contribution is 2.19. The predicted molar refractivity (Wildman–Crippen MR) is 91.1 cm³/mol. The molecular formula is C17H32N4O2. The molecule has 2 heterocycles. The Morgan fingerprint density at radius 1 is 1.26 bits per heavy atom. The van der Waals surface area contributed by atoms with Gasteiger partial charge in [0.05, 0.1) is 5.92 Å². The van der Waals surface area contributed by atoms with Crippen LogP contribution in [0.4, 0.5) is 0 Å². The number of amides is 2. The fourth-order valence-electron chi connectivity index (χ4n) is 3.29. The van der Waals surface area contributed by atoms with Gasteiger partial charge in [0, 0.05) is 58.3 Å². The topological polar surface area (TPSA) is 64.7 Å². The summed E-state index contributed by atoms with van der Waals surface area (Å²) < 4.78 is 0. The fourth-order valence-corrected chi connectivity index (χ4v) is 3.29. The maximum atomic E-state index is 12.4. The van der Waals surface area contributed by atoms with E-state index in [9.17, 15) is 9.59 Å². The minimum Gasteiger partial charge on any atom is -0.355 e. The van der Waals surface area contributed by atoms with Crippen LogP contribution in [0.1, 0.15) is 33.1 Å². The molecule has 0 aromatic carbocycles. The normalized spacial score (nSPS) is 24.3. The van der Waals surface area contributed by atoms with Gasteiger partial charge >= 0.3 is 0 Å². The zero-order valence-electron chi connectivity index (χ0n) is 14.6. The van der Waals surface area contributed by atoms with Gasteiger partial charge < -0.3 is 15.5 Å². The van der Waals surface area contributed by atoms with Crippen LogP contribution in [0.25, 0.3) is 0 Å². The van der Waals surface area contributed by atoms with Crippen molar-refractivity contribution in [3.63, 3.8) is 0 Å². The van der Waals surface area contributed by atoms with E-state index >= 15 is 0 Å². The zero-order chi connectivity index (χ0) is 16.7. The summed E-state index contributed by atoms with van der Waals surface area (Å²) in [4.78, 5) is 28.9. The molecule has 0 saturated carbocycles. The molecule has 0 radical (unpaired) electrons. The van der Waals surface area contributed by atoms with Crippen molar-refractivity contribution in [3.8, 4) is 0 Å². The van der Waals surface area contributed by atoms with Crippen molar-refractivity contribution in [1.82, 2.24) is 20.4 Å². The van der Waals surface area contributed by atoms with Gasteiger partial charge in [0.2, 0.25) is 11.8 Å². The molecule has 2 unspecified atom stereocenters. The maximum absolute atomic E-state index is 12.4. The van der Waals surface area contributed by atoms with Crippen LogP contribution < -0.4 is 10.6 Å². The smallest absolute Gasteiger partial charge is 0.225 e. The maximum Gasteiger partial charge on any atom is 0.225 e. The van der Waals surface area contributed by atoms with Crippen molar-refractivity contribution in [2.75, 3.05) is 52.4 Å². The zero-order valence-corrected chi connectivity index (χ0v) is 14.6. The first kappa shape index (κ1) is 18.2. The Kier molecular flexibility index (Phi) is 7.30. The third-order valence-electron chi connectivity index (χ3n) is 5.07. The Bertz CT molecular complexity index is 396. The van der Waals surface area contributed by atoms with E-state index in [2.05, 4.69) is 15.5 Å². The van der Waals surface area contributed by atoms with Gasteiger partial charge in [-0.2, -0.15) is 0 Å². The van der Waals surface area contributed by atoms with Crippen LogP contribution in [0, 0.1) is 11.8 Å². The van der Waals surface area contributed by atoms with Crippen molar-refractivity contribution in [2.24, 2.45) is 11.8 Å². The van der Waals surface area contributed by atoms with E-state index in [4.69, 9.17) is 0 Å². The summed E-state index contributed by atoms with van der Waals surface area (Å²) in [5.74, 6) is 0.330. The average molecular weight is 324 g/mol. The van der Waals surface area contributed by atoms with E-state index in [1.54, 1.807) is 0 Å². The van der Waals surface area contributed by atoms with Crippen LogP contribution in [0.3, 0.4) is 0 Å². The van der Waals surface area contributed by atoms with Gasteiger partial charge in [0.15, 0.2) is 0 Å². The van der Waals surface area contributed by atoms with Gasteiger partial charge in [-0.05, 0) is 19.3 Å². The molecule has 6 heteroatoms. The van der Waals surface area contributed by atoms with Gasteiger partial charge in [-0.25, -0.2) is 0 Å². The summed E-state index contributed by atoms with van der Waals surface area (Å²) in [6, 6.07) is 0. The molecule has 0 bridgehead atoms. The Morgan fingerprint density at radius 3 is 2.70 bits per heavy atom. The third-order valence-corrected chi connectivity index (χ3v) is 5.07. The van der Waals surface area contributed by atoms with Gasteiger partial charge in [-0.1, -0.05) is 13.8 Å². The molecule has 2 atom stereocenters. The molecule has 2 aliphatic heterocycles. The number of nitrogens with one attached hydrogen (secondary N) is 2. The van der Waals surface area contributed by atoms with Gasteiger partial charge in [0.1, 0.15) is 0 Å². The molecule has 2 N–H and O–H groups in total. The van der Waals surface area contributed by atoms with Crippen molar-refractivity contribution in [1.29, 1.82) is 0 Å². The quantitative estimate of drug-likeness (QED) is 0.737. The number of piperidine rings is 1. The minimum absolute atomic E-state index is 0.0419. The lowest BCUT2D eigenvalue weighted by atomic mass is 9.95. The number of hydrogen-bond donors (Lipinski definition) is 2. The van der Waals surface area contributed by atoms with E-state index in [0.717, 1.165) is 58.5 Å². The van der Waals surface area contributed by atoms with Crippen LogP contribution >= 0.6 is 0 Å². The van der Waals surface area contributed by atoms with Crippen molar-refractivity contribution >= 4 is 11.8 Å². The first-order chi connectivity index (χ1) is 11.1. The molecule has 2 amide bonds. The molecule has 132 valence electrons. The highest BCUT2D eigenvalue weighted by Gasteiger charge is 2.29. The molecule has 0 aromatic rings. The number of likely N-dealkylation sites (tertiary alicyclic amines) is 1. The molecule has 6 nitrogen and oxygen atoms in total. The second kappa shape index (κ2) is 9.23. The Morgan fingerprint density at radius 2 is 2.00 bits per heavy atom. The second-order valence-corrected chi connectivity index (χ2v) is 6.82. The summed E-state index contributed by atoms with van der Waals surface area (Å²) in [6.07, 6.45) is 2.68. The molecule has 0 aliphatic carbocycles.